The smallest absolute Gasteiger partial charge is 0.410 e. The third-order valence-electron chi connectivity index (χ3n) is 3.15. The van der Waals surface area contributed by atoms with Crippen LogP contribution in [-0.4, -0.2) is 56.4 Å². The van der Waals surface area contributed by atoms with Gasteiger partial charge in [0.1, 0.15) is 6.04 Å². The molecule has 1 N–H and O–H groups in total. The quantitative estimate of drug-likeness (QED) is 0.718. The molecule has 1 aliphatic heterocycles. The molecule has 6 heteroatoms. The molecule has 0 spiro atoms. The predicted octanol–water partition coefficient (Wildman–Crippen LogP) is 1.40. The van der Waals surface area contributed by atoms with E-state index < -0.39 is 6.04 Å². The van der Waals surface area contributed by atoms with Crippen LogP contribution in [0.2, 0.25) is 0 Å². The van der Waals surface area contributed by atoms with Crippen LogP contribution >= 0.6 is 0 Å². The molecule has 1 saturated heterocycles. The minimum Gasteiger partial charge on any atom is -0.449 e. The molecule has 1 atom stereocenters. The minimum absolute atomic E-state index is 0.0971. The molecule has 0 aromatic heterocycles. The molecular formula is C14H26N2O4. The summed E-state index contributed by atoms with van der Waals surface area (Å²) in [5.41, 5.74) is 0. The number of carbonyl (C=O) groups is 2. The van der Waals surface area contributed by atoms with E-state index in [0.29, 0.717) is 38.6 Å². The molecule has 116 valence electrons. The highest BCUT2D eigenvalue weighted by Gasteiger charge is 2.34. The van der Waals surface area contributed by atoms with Crippen molar-refractivity contribution in [3.63, 3.8) is 0 Å². The van der Waals surface area contributed by atoms with Gasteiger partial charge in [0.25, 0.3) is 0 Å². The first kappa shape index (κ1) is 16.8. The van der Waals surface area contributed by atoms with Gasteiger partial charge in [0.2, 0.25) is 5.91 Å². The average molecular weight is 286 g/mol. The normalized spacial score (nSPS) is 18.4. The number of carbonyl (C=O) groups excluding carboxylic acids is 2. The van der Waals surface area contributed by atoms with Crippen molar-refractivity contribution in [1.29, 1.82) is 0 Å². The van der Waals surface area contributed by atoms with Gasteiger partial charge in [0, 0.05) is 26.8 Å². The van der Waals surface area contributed by atoms with Gasteiger partial charge in [-0.1, -0.05) is 13.8 Å². The van der Waals surface area contributed by atoms with Crippen molar-refractivity contribution in [1.82, 2.24) is 10.2 Å². The van der Waals surface area contributed by atoms with Crippen LogP contribution in [0.5, 0.6) is 0 Å². The van der Waals surface area contributed by atoms with E-state index in [2.05, 4.69) is 5.32 Å². The van der Waals surface area contributed by atoms with Gasteiger partial charge in [0.15, 0.2) is 0 Å². The summed E-state index contributed by atoms with van der Waals surface area (Å²) in [6, 6.07) is -0.391. The summed E-state index contributed by atoms with van der Waals surface area (Å²) in [6.45, 7) is 6.13. The van der Waals surface area contributed by atoms with Gasteiger partial charge < -0.3 is 14.8 Å². The standard InChI is InChI=1S/C14H26N2O4/c1-11(2)10-20-14(18)16-8-4-6-12(16)13(17)15-7-5-9-19-3/h11-12H,4-10H2,1-3H3,(H,15,17)/t12-/m0/s1. The molecule has 0 radical (unpaired) electrons. The second-order valence-electron chi connectivity index (χ2n) is 5.46. The van der Waals surface area contributed by atoms with Gasteiger partial charge in [-0.2, -0.15) is 0 Å². The maximum Gasteiger partial charge on any atom is 0.410 e. The molecule has 0 aromatic carbocycles. The van der Waals surface area contributed by atoms with Gasteiger partial charge in [-0.15, -0.1) is 0 Å². The van der Waals surface area contributed by atoms with Crippen LogP contribution in [0.25, 0.3) is 0 Å². The predicted molar refractivity (Wildman–Crippen MR) is 75.4 cm³/mol. The third kappa shape index (κ3) is 5.36. The van der Waals surface area contributed by atoms with Crippen LogP contribution in [-0.2, 0) is 14.3 Å². The Morgan fingerprint density at radius 3 is 2.80 bits per heavy atom. The van der Waals surface area contributed by atoms with E-state index in [1.165, 1.54) is 4.90 Å². The number of methoxy groups -OCH3 is 1. The van der Waals surface area contributed by atoms with Crippen molar-refractivity contribution >= 4 is 12.0 Å². The first-order valence-electron chi connectivity index (χ1n) is 7.26. The molecule has 6 nitrogen and oxygen atoms in total. The molecule has 0 saturated carbocycles. The number of hydrogen-bond donors (Lipinski definition) is 1. The van der Waals surface area contributed by atoms with Crippen molar-refractivity contribution in [3.05, 3.63) is 0 Å². The number of likely N-dealkylation sites (tertiary alicyclic amines) is 1. The Morgan fingerprint density at radius 1 is 1.40 bits per heavy atom. The van der Waals surface area contributed by atoms with Crippen molar-refractivity contribution in [2.75, 3.05) is 33.4 Å². The Labute approximate surface area is 120 Å². The van der Waals surface area contributed by atoms with Crippen LogP contribution < -0.4 is 5.32 Å². The summed E-state index contributed by atoms with van der Waals surface area (Å²) in [6.07, 6.45) is 1.93. The van der Waals surface area contributed by atoms with Crippen molar-refractivity contribution in [3.8, 4) is 0 Å². The molecule has 0 aliphatic carbocycles. The van der Waals surface area contributed by atoms with E-state index in [4.69, 9.17) is 9.47 Å². The second-order valence-corrected chi connectivity index (χ2v) is 5.46. The lowest BCUT2D eigenvalue weighted by molar-refractivity contribution is -0.125. The largest absolute Gasteiger partial charge is 0.449 e. The van der Waals surface area contributed by atoms with E-state index >= 15 is 0 Å². The lowest BCUT2D eigenvalue weighted by Gasteiger charge is -2.23. The summed E-state index contributed by atoms with van der Waals surface area (Å²) >= 11 is 0. The fraction of sp³-hybridized carbons (Fsp3) is 0.857. The molecule has 1 heterocycles. The van der Waals surface area contributed by atoms with Gasteiger partial charge >= 0.3 is 6.09 Å². The van der Waals surface area contributed by atoms with Gasteiger partial charge in [-0.05, 0) is 25.2 Å². The topological polar surface area (TPSA) is 67.9 Å². The summed E-state index contributed by atoms with van der Waals surface area (Å²) in [5.74, 6) is 0.197. The Morgan fingerprint density at radius 2 is 2.15 bits per heavy atom. The first-order valence-corrected chi connectivity index (χ1v) is 7.26. The Bertz CT molecular complexity index is 320. The number of rotatable bonds is 7. The molecule has 2 amide bonds. The van der Waals surface area contributed by atoms with Crippen molar-refractivity contribution in [2.24, 2.45) is 5.92 Å². The molecule has 0 unspecified atom stereocenters. The first-order chi connectivity index (χ1) is 9.56. The average Bonchev–Trinajstić information content (AvgIpc) is 2.90. The van der Waals surface area contributed by atoms with E-state index in [1.54, 1.807) is 7.11 Å². The van der Waals surface area contributed by atoms with Crippen molar-refractivity contribution < 1.29 is 19.1 Å². The highest BCUT2D eigenvalue weighted by Crippen LogP contribution is 2.18. The lowest BCUT2D eigenvalue weighted by atomic mass is 10.2. The molecule has 20 heavy (non-hydrogen) atoms. The lowest BCUT2D eigenvalue weighted by Crippen LogP contribution is -2.46. The molecular weight excluding hydrogens is 260 g/mol. The molecule has 1 rings (SSSR count). The van der Waals surface area contributed by atoms with E-state index in [1.807, 2.05) is 13.8 Å². The molecule has 1 fully saturated rings. The number of nitrogens with one attached hydrogen (secondary N) is 1. The fourth-order valence-electron chi connectivity index (χ4n) is 2.12. The van der Waals surface area contributed by atoms with E-state index in [0.717, 1.165) is 12.8 Å². The number of nitrogens with zero attached hydrogens (tertiary/aromatic N) is 1. The summed E-state index contributed by atoms with van der Waals surface area (Å²) < 4.78 is 10.1. The van der Waals surface area contributed by atoms with Crippen molar-refractivity contribution in [2.45, 2.75) is 39.2 Å². The SMILES string of the molecule is COCCCNC(=O)[C@@H]1CCCN1C(=O)OCC(C)C. The Balaban J connectivity index is 2.39. The molecule has 0 aromatic rings. The monoisotopic (exact) mass is 286 g/mol. The summed E-state index contributed by atoms with van der Waals surface area (Å²) in [5, 5.41) is 2.84. The van der Waals surface area contributed by atoms with Crippen LogP contribution in [0, 0.1) is 5.92 Å². The summed E-state index contributed by atoms with van der Waals surface area (Å²) in [4.78, 5) is 25.5. The zero-order chi connectivity index (χ0) is 15.0. The maximum atomic E-state index is 12.1. The van der Waals surface area contributed by atoms with Crippen LogP contribution in [0.1, 0.15) is 33.1 Å². The minimum atomic E-state index is -0.391. The highest BCUT2D eigenvalue weighted by molar-refractivity contribution is 5.86. The zero-order valence-corrected chi connectivity index (χ0v) is 12.7. The second kappa shape index (κ2) is 8.79. The Hall–Kier alpha value is -1.30. The zero-order valence-electron chi connectivity index (χ0n) is 12.7. The number of hydrogen-bond acceptors (Lipinski definition) is 4. The number of ether oxygens (including phenoxy) is 2. The molecule has 0 bridgehead atoms. The number of amides is 2. The van der Waals surface area contributed by atoms with Crippen LogP contribution in [0.15, 0.2) is 0 Å². The van der Waals surface area contributed by atoms with Crippen LogP contribution in [0.3, 0.4) is 0 Å². The summed E-state index contributed by atoms with van der Waals surface area (Å²) in [7, 11) is 1.63. The molecule has 1 aliphatic rings. The van der Waals surface area contributed by atoms with Gasteiger partial charge in [0.05, 0.1) is 6.61 Å². The van der Waals surface area contributed by atoms with Gasteiger partial charge in [-0.3, -0.25) is 9.69 Å². The highest BCUT2D eigenvalue weighted by atomic mass is 16.6. The third-order valence-corrected chi connectivity index (χ3v) is 3.15. The van der Waals surface area contributed by atoms with Crippen LogP contribution in [0.4, 0.5) is 4.79 Å². The Kier molecular flexibility index (Phi) is 7.36. The van der Waals surface area contributed by atoms with E-state index in [-0.39, 0.29) is 12.0 Å². The van der Waals surface area contributed by atoms with E-state index in [9.17, 15) is 9.59 Å². The van der Waals surface area contributed by atoms with Gasteiger partial charge in [-0.25, -0.2) is 4.79 Å². The fourth-order valence-corrected chi connectivity index (χ4v) is 2.12. The maximum absolute atomic E-state index is 12.1.